The van der Waals surface area contributed by atoms with Gasteiger partial charge in [-0.3, -0.25) is 0 Å². The van der Waals surface area contributed by atoms with E-state index in [0.29, 0.717) is 5.41 Å². The molecular weight excluding hydrogens is 514 g/mol. The van der Waals surface area contributed by atoms with E-state index in [1.165, 1.54) is 0 Å². The van der Waals surface area contributed by atoms with Crippen molar-refractivity contribution < 1.29 is 66.8 Å². The van der Waals surface area contributed by atoms with Crippen LogP contribution in [0.4, 0.5) is 0 Å². The van der Waals surface area contributed by atoms with Gasteiger partial charge in [-0.15, -0.1) is 0 Å². The Hall–Kier alpha value is 0.478. The van der Waals surface area contributed by atoms with E-state index in [9.17, 15) is 0 Å². The Balaban J connectivity index is -0.0000000203. The molecule has 0 aliphatic carbocycles. The quantitative estimate of drug-likeness (QED) is 0.282. The van der Waals surface area contributed by atoms with Crippen LogP contribution in [0.5, 0.6) is 0 Å². The third-order valence-electron chi connectivity index (χ3n) is 1.43. The van der Waals surface area contributed by atoms with E-state index in [4.69, 9.17) is 32.6 Å². The first-order valence-corrected chi connectivity index (χ1v) is 6.22. The number of hydrogen-bond donors (Lipinski definition) is 0. The van der Waals surface area contributed by atoms with Gasteiger partial charge in [0, 0.05) is 34.1 Å². The molecule has 0 atom stereocenters. The monoisotopic (exact) mass is 524 g/mol. The van der Waals surface area contributed by atoms with Gasteiger partial charge in [0.05, 0.1) is 0 Å². The minimum atomic E-state index is 0. The predicted octanol–water partition coefficient (Wildman–Crippen LogP) is -0.0535. The number of rotatable bonds is 2. The summed E-state index contributed by atoms with van der Waals surface area (Å²) < 4.78 is 50.1. The van der Waals surface area contributed by atoms with Crippen molar-refractivity contribution in [1.29, 1.82) is 0 Å². The summed E-state index contributed by atoms with van der Waals surface area (Å²) in [5, 5.41) is 2.25. The van der Waals surface area contributed by atoms with E-state index in [2.05, 4.69) is 71.9 Å². The molecule has 1 aliphatic heterocycles. The normalized spacial score (nSPS) is 9.55. The van der Waals surface area contributed by atoms with E-state index in [-0.39, 0.29) is 34.1 Å². The Labute approximate surface area is 167 Å². The zero-order valence-electron chi connectivity index (χ0n) is 10.7. The van der Waals surface area contributed by atoms with Crippen LogP contribution in [0.25, 0.3) is 0 Å². The van der Waals surface area contributed by atoms with E-state index in [1.54, 1.807) is 0 Å². The minimum absolute atomic E-state index is 0. The Bertz CT molecular complexity index is 224. The number of hydrogen-bond acceptors (Lipinski definition) is 1. The molecule has 1 heterocycles. The van der Waals surface area contributed by atoms with Crippen LogP contribution in [0.3, 0.4) is 0 Å². The van der Waals surface area contributed by atoms with Crippen molar-refractivity contribution >= 4 is 32.0 Å². The molecule has 0 N–H and O–H groups in total. The molecule has 7 nitrogen and oxygen atoms in total. The molecule has 2 radical (unpaired) electrons. The number of ether oxygens (including phenoxy) is 1. The molecule has 122 valence electrons. The zero-order valence-corrected chi connectivity index (χ0v) is 16.3. The summed E-state index contributed by atoms with van der Waals surface area (Å²) in [4.78, 5) is 0. The van der Waals surface area contributed by atoms with Crippen LogP contribution in [0, 0.1) is 45.3 Å². The molecule has 0 unspecified atom stereocenters. The Morgan fingerprint density at radius 1 is 0.636 bits per heavy atom. The van der Waals surface area contributed by atoms with E-state index < -0.39 is 0 Å². The van der Waals surface area contributed by atoms with Gasteiger partial charge >= 0.3 is 134 Å². The third-order valence-corrected chi connectivity index (χ3v) is 4.00. The second kappa shape index (κ2) is 68.4. The summed E-state index contributed by atoms with van der Waals surface area (Å²) in [6.45, 7) is 28.9. The second-order valence-corrected chi connectivity index (χ2v) is 3.49. The first kappa shape index (κ1) is 49.5. The molecule has 0 saturated carbocycles. The molecule has 0 bridgehead atoms. The molecule has 1 fully saturated rings. The maximum atomic E-state index is 7.50. The van der Waals surface area contributed by atoms with Crippen molar-refractivity contribution in [3.8, 4) is 0 Å². The van der Waals surface area contributed by atoms with E-state index in [0.717, 1.165) is 23.9 Å². The van der Waals surface area contributed by atoms with Crippen LogP contribution >= 0.6 is 0 Å². The van der Waals surface area contributed by atoms with Gasteiger partial charge < -0.3 is 0 Å². The van der Waals surface area contributed by atoms with Gasteiger partial charge in [0.1, 0.15) is 0 Å². The Morgan fingerprint density at radius 2 is 0.818 bits per heavy atom. The van der Waals surface area contributed by atoms with Crippen molar-refractivity contribution in [3.05, 3.63) is 39.9 Å². The Kier molecular flexibility index (Phi) is 154. The molecule has 0 aromatic rings. The predicted molar refractivity (Wildman–Crippen MR) is 58.0 cm³/mol. The second-order valence-electron chi connectivity index (χ2n) is 2.28. The van der Waals surface area contributed by atoms with Gasteiger partial charge in [-0.2, -0.15) is 0 Å². The van der Waals surface area contributed by atoms with Crippen LogP contribution in [-0.4, -0.2) is 45.2 Å². The molecule has 1 saturated heterocycles. The van der Waals surface area contributed by atoms with Gasteiger partial charge in [-0.1, -0.05) is 0 Å². The molecule has 1 rings (SSSR count). The van der Waals surface area contributed by atoms with Crippen molar-refractivity contribution in [3.63, 3.8) is 0 Å². The molecule has 0 spiro atoms. The fourth-order valence-corrected chi connectivity index (χ4v) is 2.38. The van der Waals surface area contributed by atoms with Gasteiger partial charge in [0.15, 0.2) is 0 Å². The molecule has 22 heavy (non-hydrogen) atoms. The van der Waals surface area contributed by atoms with Gasteiger partial charge in [0.2, 0.25) is 0 Å². The summed E-state index contributed by atoms with van der Waals surface area (Å²) >= 11 is 6.07. The average Bonchev–Trinajstić information content (AvgIpc) is 2.59. The molecule has 0 aromatic carbocycles. The van der Waals surface area contributed by atoms with Gasteiger partial charge in [-0.05, 0) is 0 Å². The van der Waals surface area contributed by atoms with Crippen molar-refractivity contribution in [2.75, 3.05) is 13.2 Å². The SMILES string of the molecule is [C-]#[O+].[C-]#[O+].[C-]#[O+].[C-]#[O+].[C-]#[O+].[C-]#[O+].[Fe].[Fe].[Se]CC1(C[Se])COC1. The summed E-state index contributed by atoms with van der Waals surface area (Å²) in [5.74, 6) is 0. The molecule has 0 aromatic heterocycles. The van der Waals surface area contributed by atoms with E-state index >= 15 is 0 Å². The molecule has 0 amide bonds. The van der Waals surface area contributed by atoms with Crippen LogP contribution in [-0.2, 0) is 66.8 Å². The Morgan fingerprint density at radius 3 is 0.818 bits per heavy atom. The third kappa shape index (κ3) is 37.1. The zero-order chi connectivity index (χ0) is 18.0. The average molecular weight is 522 g/mol. The summed E-state index contributed by atoms with van der Waals surface area (Å²) in [7, 11) is 0. The van der Waals surface area contributed by atoms with Crippen LogP contribution in [0.15, 0.2) is 0 Å². The molecular formula is C11H8Fe2O7Se2. The fraction of sp³-hybridized carbons (Fsp3) is 0.455. The van der Waals surface area contributed by atoms with Crippen molar-refractivity contribution in [2.45, 2.75) is 10.6 Å². The summed E-state index contributed by atoms with van der Waals surface area (Å²) in [6, 6.07) is 0. The standard InChI is InChI=1S/C5H8OSe2.6CO.2Fe/c7-3-5(4-8)1-6-2-5;6*1-2;;/h1-4H2;;;;;;;;. The van der Waals surface area contributed by atoms with Crippen molar-refractivity contribution in [1.82, 2.24) is 0 Å². The van der Waals surface area contributed by atoms with Crippen molar-refractivity contribution in [2.24, 2.45) is 5.41 Å². The van der Waals surface area contributed by atoms with Crippen LogP contribution < -0.4 is 0 Å². The van der Waals surface area contributed by atoms with Gasteiger partial charge in [0.25, 0.3) is 0 Å². The fourth-order valence-electron chi connectivity index (χ4n) is 0.599. The van der Waals surface area contributed by atoms with Crippen LogP contribution in [0.2, 0.25) is 10.6 Å². The van der Waals surface area contributed by atoms with Crippen LogP contribution in [0.1, 0.15) is 0 Å². The summed E-state index contributed by atoms with van der Waals surface area (Å²) in [5.41, 5.74) is 0.472. The van der Waals surface area contributed by atoms with Gasteiger partial charge in [-0.25, -0.2) is 0 Å². The van der Waals surface area contributed by atoms with E-state index in [1.807, 2.05) is 0 Å². The topological polar surface area (TPSA) is 129 Å². The molecule has 1 aliphatic rings. The summed E-state index contributed by atoms with van der Waals surface area (Å²) in [6.07, 6.45) is 0. The first-order chi connectivity index (χ1) is 9.83. The first-order valence-electron chi connectivity index (χ1n) is 3.79. The molecule has 11 heteroatoms. The maximum absolute atomic E-state index is 7.50.